The lowest BCUT2D eigenvalue weighted by Gasteiger charge is -2.35. The van der Waals surface area contributed by atoms with Crippen molar-refractivity contribution in [1.29, 1.82) is 0 Å². The van der Waals surface area contributed by atoms with Crippen molar-refractivity contribution in [1.82, 2.24) is 4.90 Å². The van der Waals surface area contributed by atoms with Gasteiger partial charge in [-0.25, -0.2) is 4.39 Å². The zero-order valence-electron chi connectivity index (χ0n) is 11.1. The molecule has 0 spiro atoms. The van der Waals surface area contributed by atoms with E-state index in [2.05, 4.69) is 0 Å². The number of piperazine rings is 1. The van der Waals surface area contributed by atoms with Crippen LogP contribution in [0.2, 0.25) is 0 Å². The highest BCUT2D eigenvalue weighted by atomic mass is 19.1. The van der Waals surface area contributed by atoms with Crippen LogP contribution in [0.1, 0.15) is 24.2 Å². The van der Waals surface area contributed by atoms with Crippen molar-refractivity contribution in [2.24, 2.45) is 0 Å². The highest BCUT2D eigenvalue weighted by molar-refractivity contribution is 5.95. The molecule has 1 aromatic rings. The molecule has 102 valence electrons. The smallest absolute Gasteiger partial charge is 0.219 e. The second kappa shape index (κ2) is 5.38. The lowest BCUT2D eigenvalue weighted by atomic mass is 10.1. The maximum absolute atomic E-state index is 13.8. The summed E-state index contributed by atoms with van der Waals surface area (Å²) < 4.78 is 13.8. The molecule has 1 fully saturated rings. The first-order valence-corrected chi connectivity index (χ1v) is 6.30. The summed E-state index contributed by atoms with van der Waals surface area (Å²) in [6.07, 6.45) is 0. The van der Waals surface area contributed by atoms with E-state index in [-0.39, 0.29) is 17.5 Å². The average Bonchev–Trinajstić information content (AvgIpc) is 2.39. The molecule has 0 unspecified atom stereocenters. The minimum Gasteiger partial charge on any atom is -0.366 e. The summed E-state index contributed by atoms with van der Waals surface area (Å²) in [5, 5.41) is 0. The van der Waals surface area contributed by atoms with Gasteiger partial charge in [0, 0.05) is 38.7 Å². The van der Waals surface area contributed by atoms with Gasteiger partial charge in [-0.2, -0.15) is 0 Å². The number of hydrogen-bond donors (Lipinski definition) is 0. The van der Waals surface area contributed by atoms with Crippen LogP contribution in [0.3, 0.4) is 0 Å². The number of Topliss-reactive ketones (excluding diaryl/α,β-unsaturated/α-hetero) is 1. The number of benzene rings is 1. The van der Waals surface area contributed by atoms with Crippen LogP contribution in [0.4, 0.5) is 10.1 Å². The molecule has 5 heteroatoms. The Kier molecular flexibility index (Phi) is 3.83. The fourth-order valence-corrected chi connectivity index (χ4v) is 2.24. The first kappa shape index (κ1) is 13.5. The summed E-state index contributed by atoms with van der Waals surface area (Å²) in [4.78, 5) is 26.2. The van der Waals surface area contributed by atoms with Gasteiger partial charge in [0.25, 0.3) is 0 Å². The Balaban J connectivity index is 2.17. The van der Waals surface area contributed by atoms with Crippen molar-refractivity contribution in [2.75, 3.05) is 31.1 Å². The Morgan fingerprint density at radius 1 is 1.11 bits per heavy atom. The number of rotatable bonds is 2. The monoisotopic (exact) mass is 264 g/mol. The zero-order chi connectivity index (χ0) is 14.0. The second-order valence-corrected chi connectivity index (χ2v) is 4.72. The maximum atomic E-state index is 13.8. The Morgan fingerprint density at radius 3 is 2.26 bits per heavy atom. The van der Waals surface area contributed by atoms with Gasteiger partial charge in [-0.3, -0.25) is 9.59 Å². The first-order chi connectivity index (χ1) is 8.99. The summed E-state index contributed by atoms with van der Waals surface area (Å²) in [6, 6.07) is 4.40. The van der Waals surface area contributed by atoms with Gasteiger partial charge in [-0.15, -0.1) is 0 Å². The number of anilines is 1. The molecular weight excluding hydrogens is 247 g/mol. The molecular formula is C14H17FN2O2. The van der Waals surface area contributed by atoms with Crippen LogP contribution < -0.4 is 4.90 Å². The molecule has 4 nitrogen and oxygen atoms in total. The molecule has 1 aliphatic heterocycles. The Labute approximate surface area is 111 Å². The fourth-order valence-electron chi connectivity index (χ4n) is 2.24. The molecule has 1 amide bonds. The SMILES string of the molecule is CC(=O)c1ccc(F)c(N2CCN(C(C)=O)CC2)c1. The van der Waals surface area contributed by atoms with Gasteiger partial charge >= 0.3 is 0 Å². The van der Waals surface area contributed by atoms with E-state index < -0.39 is 0 Å². The molecule has 0 aliphatic carbocycles. The number of hydrogen-bond acceptors (Lipinski definition) is 3. The number of carbonyl (C=O) groups is 2. The summed E-state index contributed by atoms with van der Waals surface area (Å²) in [5.74, 6) is -0.373. The minimum absolute atomic E-state index is 0.0395. The third-order valence-corrected chi connectivity index (χ3v) is 3.42. The lowest BCUT2D eigenvalue weighted by molar-refractivity contribution is -0.129. The van der Waals surface area contributed by atoms with Crippen molar-refractivity contribution < 1.29 is 14.0 Å². The van der Waals surface area contributed by atoms with E-state index in [9.17, 15) is 14.0 Å². The van der Waals surface area contributed by atoms with E-state index in [0.29, 0.717) is 37.4 Å². The van der Waals surface area contributed by atoms with E-state index in [4.69, 9.17) is 0 Å². The van der Waals surface area contributed by atoms with E-state index in [1.54, 1.807) is 11.0 Å². The van der Waals surface area contributed by atoms with E-state index in [1.807, 2.05) is 4.90 Å². The molecule has 2 rings (SSSR count). The topological polar surface area (TPSA) is 40.6 Å². The molecule has 0 radical (unpaired) electrons. The number of nitrogens with zero attached hydrogens (tertiary/aromatic N) is 2. The van der Waals surface area contributed by atoms with Gasteiger partial charge in [0.15, 0.2) is 5.78 Å². The normalized spacial score (nSPS) is 15.5. The van der Waals surface area contributed by atoms with E-state index in [1.165, 1.54) is 26.0 Å². The van der Waals surface area contributed by atoms with Crippen LogP contribution in [-0.2, 0) is 4.79 Å². The van der Waals surface area contributed by atoms with Crippen molar-refractivity contribution in [3.63, 3.8) is 0 Å². The molecule has 19 heavy (non-hydrogen) atoms. The number of carbonyl (C=O) groups excluding carboxylic acids is 2. The summed E-state index contributed by atoms with van der Waals surface area (Å²) in [5.41, 5.74) is 0.946. The molecule has 1 aliphatic rings. The average molecular weight is 264 g/mol. The summed E-state index contributed by atoms with van der Waals surface area (Å²) in [6.45, 7) is 5.32. The zero-order valence-corrected chi connectivity index (χ0v) is 11.1. The Morgan fingerprint density at radius 2 is 1.74 bits per heavy atom. The highest BCUT2D eigenvalue weighted by Crippen LogP contribution is 2.22. The highest BCUT2D eigenvalue weighted by Gasteiger charge is 2.21. The van der Waals surface area contributed by atoms with Crippen LogP contribution >= 0.6 is 0 Å². The van der Waals surface area contributed by atoms with Gasteiger partial charge in [-0.05, 0) is 25.1 Å². The third-order valence-electron chi connectivity index (χ3n) is 3.42. The van der Waals surface area contributed by atoms with Gasteiger partial charge in [0.05, 0.1) is 5.69 Å². The molecule has 0 bridgehead atoms. The predicted octanol–water partition coefficient (Wildman–Crippen LogP) is 1.70. The second-order valence-electron chi connectivity index (χ2n) is 4.72. The van der Waals surface area contributed by atoms with Crippen LogP contribution in [0, 0.1) is 5.82 Å². The van der Waals surface area contributed by atoms with E-state index >= 15 is 0 Å². The van der Waals surface area contributed by atoms with Crippen molar-refractivity contribution in [2.45, 2.75) is 13.8 Å². The summed E-state index contributed by atoms with van der Waals surface area (Å²) in [7, 11) is 0. The maximum Gasteiger partial charge on any atom is 0.219 e. The third kappa shape index (κ3) is 2.92. The van der Waals surface area contributed by atoms with Crippen molar-refractivity contribution >= 4 is 17.4 Å². The lowest BCUT2D eigenvalue weighted by Crippen LogP contribution is -2.48. The molecule has 1 heterocycles. The van der Waals surface area contributed by atoms with Gasteiger partial charge in [0.1, 0.15) is 5.82 Å². The Bertz CT molecular complexity index is 508. The van der Waals surface area contributed by atoms with Crippen molar-refractivity contribution in [3.8, 4) is 0 Å². The minimum atomic E-state index is -0.332. The quantitative estimate of drug-likeness (QED) is 0.763. The van der Waals surface area contributed by atoms with E-state index in [0.717, 1.165) is 0 Å². The molecule has 0 atom stereocenters. The summed E-state index contributed by atoms with van der Waals surface area (Å²) >= 11 is 0. The largest absolute Gasteiger partial charge is 0.366 e. The molecule has 0 saturated carbocycles. The number of ketones is 1. The Hall–Kier alpha value is -1.91. The molecule has 1 aromatic carbocycles. The molecule has 1 saturated heterocycles. The van der Waals surface area contributed by atoms with Crippen LogP contribution in [0.5, 0.6) is 0 Å². The molecule has 0 aromatic heterocycles. The van der Waals surface area contributed by atoms with Crippen LogP contribution in [-0.4, -0.2) is 42.8 Å². The molecule has 0 N–H and O–H groups in total. The van der Waals surface area contributed by atoms with Gasteiger partial charge in [0.2, 0.25) is 5.91 Å². The number of halogens is 1. The van der Waals surface area contributed by atoms with Crippen molar-refractivity contribution in [3.05, 3.63) is 29.6 Å². The predicted molar refractivity (Wildman–Crippen MR) is 70.9 cm³/mol. The standard InChI is InChI=1S/C14H17FN2O2/c1-10(18)12-3-4-13(15)14(9-12)17-7-5-16(6-8-17)11(2)19/h3-4,9H,5-8H2,1-2H3. The van der Waals surface area contributed by atoms with Crippen LogP contribution in [0.25, 0.3) is 0 Å². The van der Waals surface area contributed by atoms with Crippen LogP contribution in [0.15, 0.2) is 18.2 Å². The first-order valence-electron chi connectivity index (χ1n) is 6.30. The fraction of sp³-hybridized carbons (Fsp3) is 0.429. The van der Waals surface area contributed by atoms with Gasteiger partial charge in [-0.1, -0.05) is 0 Å². The van der Waals surface area contributed by atoms with Gasteiger partial charge < -0.3 is 9.80 Å². The number of amides is 1.